The van der Waals surface area contributed by atoms with Crippen LogP contribution in [0.4, 0.5) is 0 Å². The first-order valence-electron chi connectivity index (χ1n) is 5.22. The van der Waals surface area contributed by atoms with Crippen LogP contribution in [0.25, 0.3) is 0 Å². The third-order valence-electron chi connectivity index (χ3n) is 3.19. The molecule has 74 valence electrons. The van der Waals surface area contributed by atoms with Gasteiger partial charge in [-0.1, -0.05) is 0 Å². The summed E-state index contributed by atoms with van der Waals surface area (Å²) in [5.41, 5.74) is 0. The van der Waals surface area contributed by atoms with Gasteiger partial charge in [-0.05, 0) is 33.2 Å². The second-order valence-electron chi connectivity index (χ2n) is 4.41. The van der Waals surface area contributed by atoms with Gasteiger partial charge in [0.05, 0.1) is 6.54 Å². The van der Waals surface area contributed by atoms with Crippen LogP contribution in [0.15, 0.2) is 0 Å². The lowest BCUT2D eigenvalue weighted by Gasteiger charge is -2.39. The maximum absolute atomic E-state index is 11.7. The molecule has 0 saturated carbocycles. The predicted molar refractivity (Wildman–Crippen MR) is 51.4 cm³/mol. The van der Waals surface area contributed by atoms with E-state index >= 15 is 0 Å². The molecule has 0 aromatic heterocycles. The van der Waals surface area contributed by atoms with E-state index in [1.54, 1.807) is 0 Å². The lowest BCUT2D eigenvalue weighted by molar-refractivity contribution is -0.139. The second-order valence-corrected chi connectivity index (χ2v) is 4.41. The maximum Gasteiger partial charge on any atom is 0.237 e. The van der Waals surface area contributed by atoms with Crippen molar-refractivity contribution < 1.29 is 4.79 Å². The summed E-state index contributed by atoms with van der Waals surface area (Å²) >= 11 is 0. The highest BCUT2D eigenvalue weighted by molar-refractivity contribution is 5.79. The van der Waals surface area contributed by atoms with E-state index in [1.807, 2.05) is 4.90 Å². The van der Waals surface area contributed by atoms with Crippen molar-refractivity contribution in [2.45, 2.75) is 38.8 Å². The van der Waals surface area contributed by atoms with Gasteiger partial charge in [0.25, 0.3) is 0 Å². The minimum absolute atomic E-state index is 0.313. The standard InChI is InChI=1S/C10H18N2O/c1-8(2)12-6-9-4-3-5-11(9)7-10(12)13/h8-9H,3-7H2,1-2H3. The molecule has 2 aliphatic rings. The van der Waals surface area contributed by atoms with E-state index in [1.165, 1.54) is 12.8 Å². The van der Waals surface area contributed by atoms with E-state index in [0.29, 0.717) is 24.5 Å². The predicted octanol–water partition coefficient (Wildman–Crippen LogP) is 0.701. The molecule has 0 aromatic rings. The Morgan fingerprint density at radius 3 is 2.92 bits per heavy atom. The third kappa shape index (κ3) is 1.57. The van der Waals surface area contributed by atoms with Gasteiger partial charge < -0.3 is 4.90 Å². The molecule has 2 saturated heterocycles. The van der Waals surface area contributed by atoms with Gasteiger partial charge in [0.15, 0.2) is 0 Å². The zero-order valence-electron chi connectivity index (χ0n) is 8.49. The van der Waals surface area contributed by atoms with Gasteiger partial charge in [-0.15, -0.1) is 0 Å². The van der Waals surface area contributed by atoms with Gasteiger partial charge in [-0.25, -0.2) is 0 Å². The van der Waals surface area contributed by atoms with Crippen molar-refractivity contribution in [3.8, 4) is 0 Å². The molecule has 0 N–H and O–H groups in total. The van der Waals surface area contributed by atoms with Gasteiger partial charge >= 0.3 is 0 Å². The fraction of sp³-hybridized carbons (Fsp3) is 0.900. The lowest BCUT2D eigenvalue weighted by atomic mass is 10.1. The zero-order valence-corrected chi connectivity index (χ0v) is 8.49. The van der Waals surface area contributed by atoms with E-state index in [-0.39, 0.29) is 0 Å². The van der Waals surface area contributed by atoms with Gasteiger partial charge in [-0.2, -0.15) is 0 Å². The van der Waals surface area contributed by atoms with Crippen LogP contribution in [0.1, 0.15) is 26.7 Å². The quantitative estimate of drug-likeness (QED) is 0.596. The second kappa shape index (κ2) is 3.29. The van der Waals surface area contributed by atoms with Crippen molar-refractivity contribution in [3.05, 3.63) is 0 Å². The van der Waals surface area contributed by atoms with Crippen molar-refractivity contribution >= 4 is 5.91 Å². The maximum atomic E-state index is 11.7. The minimum Gasteiger partial charge on any atom is -0.338 e. The summed E-state index contributed by atoms with van der Waals surface area (Å²) in [6.45, 7) is 6.94. The Bertz CT molecular complexity index is 215. The molecule has 0 spiro atoms. The smallest absolute Gasteiger partial charge is 0.237 e. The highest BCUT2D eigenvalue weighted by Crippen LogP contribution is 2.22. The number of carbonyl (C=O) groups is 1. The van der Waals surface area contributed by atoms with Crippen molar-refractivity contribution in [1.82, 2.24) is 9.80 Å². The van der Waals surface area contributed by atoms with Crippen LogP contribution in [-0.4, -0.2) is 47.4 Å². The fourth-order valence-corrected chi connectivity index (χ4v) is 2.40. The molecule has 2 fully saturated rings. The molecule has 3 nitrogen and oxygen atoms in total. The van der Waals surface area contributed by atoms with Crippen molar-refractivity contribution in [2.75, 3.05) is 19.6 Å². The molecule has 2 heterocycles. The van der Waals surface area contributed by atoms with E-state index in [2.05, 4.69) is 18.7 Å². The largest absolute Gasteiger partial charge is 0.338 e. The van der Waals surface area contributed by atoms with Crippen LogP contribution in [0.2, 0.25) is 0 Å². The first-order valence-corrected chi connectivity index (χ1v) is 5.22. The van der Waals surface area contributed by atoms with Crippen molar-refractivity contribution in [1.29, 1.82) is 0 Å². The number of amides is 1. The molecule has 1 unspecified atom stereocenters. The van der Waals surface area contributed by atoms with Crippen LogP contribution in [-0.2, 0) is 4.79 Å². The average molecular weight is 182 g/mol. The summed E-state index contributed by atoms with van der Waals surface area (Å²) in [4.78, 5) is 16.0. The topological polar surface area (TPSA) is 23.6 Å². The van der Waals surface area contributed by atoms with E-state index < -0.39 is 0 Å². The summed E-state index contributed by atoms with van der Waals surface area (Å²) in [6, 6.07) is 1.02. The Hall–Kier alpha value is -0.570. The number of fused-ring (bicyclic) bond motifs is 1. The molecule has 0 bridgehead atoms. The van der Waals surface area contributed by atoms with Crippen LogP contribution in [0.5, 0.6) is 0 Å². The lowest BCUT2D eigenvalue weighted by Crippen LogP contribution is -2.55. The summed E-state index contributed by atoms with van der Waals surface area (Å²) in [6.07, 6.45) is 2.54. The summed E-state index contributed by atoms with van der Waals surface area (Å²) in [7, 11) is 0. The molecule has 2 rings (SSSR count). The first kappa shape index (κ1) is 9.00. The SMILES string of the molecule is CC(C)N1CC2CCCN2CC1=O. The first-order chi connectivity index (χ1) is 6.18. The monoisotopic (exact) mass is 182 g/mol. The van der Waals surface area contributed by atoms with Crippen LogP contribution in [0, 0.1) is 0 Å². The van der Waals surface area contributed by atoms with E-state index in [0.717, 1.165) is 13.1 Å². The van der Waals surface area contributed by atoms with Gasteiger partial charge in [0.2, 0.25) is 5.91 Å². The highest BCUT2D eigenvalue weighted by atomic mass is 16.2. The van der Waals surface area contributed by atoms with E-state index in [9.17, 15) is 4.79 Å². The highest BCUT2D eigenvalue weighted by Gasteiger charge is 2.35. The van der Waals surface area contributed by atoms with Gasteiger partial charge in [-0.3, -0.25) is 9.69 Å². The number of carbonyl (C=O) groups excluding carboxylic acids is 1. The van der Waals surface area contributed by atoms with Gasteiger partial charge in [0.1, 0.15) is 0 Å². The van der Waals surface area contributed by atoms with Crippen molar-refractivity contribution in [3.63, 3.8) is 0 Å². The average Bonchev–Trinajstić information content (AvgIpc) is 2.48. The summed E-state index contributed by atoms with van der Waals surface area (Å²) in [5, 5.41) is 0. The molecular formula is C10H18N2O. The molecule has 1 amide bonds. The molecule has 0 radical (unpaired) electrons. The number of hydrogen-bond donors (Lipinski definition) is 0. The third-order valence-corrected chi connectivity index (χ3v) is 3.19. The Morgan fingerprint density at radius 2 is 2.23 bits per heavy atom. The zero-order chi connectivity index (χ0) is 9.42. The molecule has 13 heavy (non-hydrogen) atoms. The Kier molecular flexibility index (Phi) is 2.28. The normalized spacial score (nSPS) is 29.9. The molecule has 2 aliphatic heterocycles. The minimum atomic E-state index is 0.313. The van der Waals surface area contributed by atoms with E-state index in [4.69, 9.17) is 0 Å². The van der Waals surface area contributed by atoms with Crippen LogP contribution < -0.4 is 0 Å². The summed E-state index contributed by atoms with van der Waals surface area (Å²) in [5.74, 6) is 0.313. The Balaban J connectivity index is 2.05. The number of nitrogens with zero attached hydrogens (tertiary/aromatic N) is 2. The number of piperazine rings is 1. The molecule has 1 atom stereocenters. The summed E-state index contributed by atoms with van der Waals surface area (Å²) < 4.78 is 0. The fourth-order valence-electron chi connectivity index (χ4n) is 2.40. The Labute approximate surface area is 79.7 Å². The molecular weight excluding hydrogens is 164 g/mol. The van der Waals surface area contributed by atoms with Crippen LogP contribution in [0.3, 0.4) is 0 Å². The number of hydrogen-bond acceptors (Lipinski definition) is 2. The molecule has 0 aliphatic carbocycles. The molecule has 3 heteroatoms. The number of rotatable bonds is 1. The van der Waals surface area contributed by atoms with Crippen LogP contribution >= 0.6 is 0 Å². The van der Waals surface area contributed by atoms with Crippen molar-refractivity contribution in [2.24, 2.45) is 0 Å². The molecule has 0 aromatic carbocycles. The van der Waals surface area contributed by atoms with Gasteiger partial charge in [0, 0.05) is 18.6 Å². The Morgan fingerprint density at radius 1 is 1.46 bits per heavy atom.